The molecule has 1 aromatic heterocycles. The van der Waals surface area contributed by atoms with Crippen LogP contribution in [0.15, 0.2) is 47.7 Å². The second kappa shape index (κ2) is 4.87. The van der Waals surface area contributed by atoms with Crippen LogP contribution in [0, 0.1) is 0 Å². The lowest BCUT2D eigenvalue weighted by atomic mass is 10.1. The molecular weight excluding hydrogens is 236 g/mol. The molecule has 17 heavy (non-hydrogen) atoms. The zero-order valence-corrected chi connectivity index (χ0v) is 9.96. The number of nitrogens with zero attached hydrogens (tertiary/aromatic N) is 4. The summed E-state index contributed by atoms with van der Waals surface area (Å²) in [5, 5.41) is 4.32. The van der Waals surface area contributed by atoms with Crippen LogP contribution in [0.25, 0.3) is 21.6 Å². The van der Waals surface area contributed by atoms with E-state index in [1.807, 2.05) is 48.1 Å². The van der Waals surface area contributed by atoms with Crippen LogP contribution in [0.4, 0.5) is 5.69 Å². The van der Waals surface area contributed by atoms with Crippen molar-refractivity contribution in [1.82, 2.24) is 0 Å². The third-order valence-electron chi connectivity index (χ3n) is 2.44. The van der Waals surface area contributed by atoms with Crippen molar-refractivity contribution in [3.63, 3.8) is 0 Å². The van der Waals surface area contributed by atoms with E-state index in [-0.39, 0.29) is 0 Å². The Kier molecular flexibility index (Phi) is 3.28. The van der Waals surface area contributed by atoms with Crippen molar-refractivity contribution in [2.24, 2.45) is 12.2 Å². The van der Waals surface area contributed by atoms with Crippen LogP contribution in [0.5, 0.6) is 0 Å². The van der Waals surface area contributed by atoms with Gasteiger partial charge in [-0.2, -0.15) is 4.57 Å². The number of rotatable bonds is 2. The van der Waals surface area contributed by atoms with Crippen molar-refractivity contribution < 1.29 is 4.57 Å². The molecule has 4 nitrogen and oxygen atoms in total. The molecule has 0 aliphatic rings. The van der Waals surface area contributed by atoms with Crippen LogP contribution < -0.4 is 4.57 Å². The number of halogens is 1. The molecule has 5 heteroatoms. The number of aromatic nitrogens is 1. The standard InChI is InChI=1S/C12H10ClN4/c1-17-8-9(6-7-12(17)13)10-4-2-3-5-11(10)15-16-14/h2-8H,1H3/q+1. The molecule has 0 N–H and O–H groups in total. The molecule has 0 bridgehead atoms. The fourth-order valence-electron chi connectivity index (χ4n) is 1.60. The number of hydrogen-bond donors (Lipinski definition) is 0. The number of aryl methyl sites for hydroxylation is 1. The molecule has 84 valence electrons. The van der Waals surface area contributed by atoms with Crippen molar-refractivity contribution >= 4 is 17.3 Å². The molecule has 1 heterocycles. The molecule has 0 spiro atoms. The Labute approximate surface area is 104 Å². The van der Waals surface area contributed by atoms with Gasteiger partial charge in [0.2, 0.25) is 0 Å². The summed E-state index contributed by atoms with van der Waals surface area (Å²) in [5.41, 5.74) is 11.0. The van der Waals surface area contributed by atoms with E-state index in [4.69, 9.17) is 17.1 Å². The summed E-state index contributed by atoms with van der Waals surface area (Å²) < 4.78 is 1.81. The predicted octanol–water partition coefficient (Wildman–Crippen LogP) is 3.77. The van der Waals surface area contributed by atoms with E-state index in [2.05, 4.69) is 10.0 Å². The van der Waals surface area contributed by atoms with E-state index in [1.165, 1.54) is 0 Å². The monoisotopic (exact) mass is 245 g/mol. The van der Waals surface area contributed by atoms with Gasteiger partial charge in [-0.3, -0.25) is 0 Å². The van der Waals surface area contributed by atoms with E-state index in [1.54, 1.807) is 6.07 Å². The van der Waals surface area contributed by atoms with Gasteiger partial charge in [-0.05, 0) is 28.8 Å². The van der Waals surface area contributed by atoms with Gasteiger partial charge in [0.1, 0.15) is 7.05 Å². The van der Waals surface area contributed by atoms with E-state index in [0.717, 1.165) is 11.1 Å². The Morgan fingerprint density at radius 2 is 2.00 bits per heavy atom. The first kappa shape index (κ1) is 11.5. The second-order valence-electron chi connectivity index (χ2n) is 3.56. The first-order valence-electron chi connectivity index (χ1n) is 5.02. The molecule has 0 radical (unpaired) electrons. The third kappa shape index (κ3) is 2.38. The van der Waals surface area contributed by atoms with Gasteiger partial charge in [0.25, 0.3) is 5.15 Å². The number of pyridine rings is 1. The molecule has 0 amide bonds. The van der Waals surface area contributed by atoms with Gasteiger partial charge in [-0.15, -0.1) is 0 Å². The number of azide groups is 1. The van der Waals surface area contributed by atoms with Gasteiger partial charge >= 0.3 is 0 Å². The fraction of sp³-hybridized carbons (Fsp3) is 0.0833. The molecule has 1 aromatic carbocycles. The lowest BCUT2D eigenvalue weighted by molar-refractivity contribution is -0.668. The Morgan fingerprint density at radius 3 is 2.71 bits per heavy atom. The first-order chi connectivity index (χ1) is 8.22. The quantitative estimate of drug-likeness (QED) is 0.254. The minimum atomic E-state index is 0.609. The Balaban J connectivity index is 2.59. The molecule has 0 aliphatic carbocycles. The smallest absolute Gasteiger partial charge is 0.191 e. The number of benzene rings is 1. The van der Waals surface area contributed by atoms with Gasteiger partial charge in [-0.1, -0.05) is 29.4 Å². The fourth-order valence-corrected chi connectivity index (χ4v) is 1.71. The molecule has 0 saturated heterocycles. The highest BCUT2D eigenvalue weighted by Crippen LogP contribution is 2.29. The lowest BCUT2D eigenvalue weighted by Gasteiger charge is -2.03. The Hall–Kier alpha value is -2.03. The van der Waals surface area contributed by atoms with Crippen LogP contribution in [-0.4, -0.2) is 0 Å². The van der Waals surface area contributed by atoms with Gasteiger partial charge in [-0.25, -0.2) is 0 Å². The maximum absolute atomic E-state index is 8.52. The summed E-state index contributed by atoms with van der Waals surface area (Å²) >= 11 is 5.95. The molecule has 0 fully saturated rings. The molecule has 0 saturated carbocycles. The van der Waals surface area contributed by atoms with Crippen molar-refractivity contribution in [3.05, 3.63) is 58.2 Å². The zero-order chi connectivity index (χ0) is 12.3. The largest absolute Gasteiger partial charge is 0.274 e. The van der Waals surface area contributed by atoms with E-state index < -0.39 is 0 Å². The average Bonchev–Trinajstić information content (AvgIpc) is 2.34. The summed E-state index contributed by atoms with van der Waals surface area (Å²) in [6.07, 6.45) is 1.90. The highest BCUT2D eigenvalue weighted by molar-refractivity contribution is 6.28. The molecule has 2 rings (SSSR count). The van der Waals surface area contributed by atoms with E-state index in [0.29, 0.717) is 10.8 Å². The maximum atomic E-state index is 8.52. The highest BCUT2D eigenvalue weighted by Gasteiger charge is 2.09. The maximum Gasteiger partial charge on any atom is 0.274 e. The van der Waals surface area contributed by atoms with Crippen LogP contribution >= 0.6 is 11.6 Å². The Bertz CT molecular complexity index is 603. The van der Waals surface area contributed by atoms with Crippen LogP contribution in [0.2, 0.25) is 5.15 Å². The van der Waals surface area contributed by atoms with Gasteiger partial charge < -0.3 is 0 Å². The number of hydrogen-bond acceptors (Lipinski definition) is 1. The van der Waals surface area contributed by atoms with Gasteiger partial charge in [0, 0.05) is 22.2 Å². The molecule has 0 unspecified atom stereocenters. The lowest BCUT2D eigenvalue weighted by Crippen LogP contribution is -2.28. The minimum absolute atomic E-state index is 0.609. The zero-order valence-electron chi connectivity index (χ0n) is 9.21. The summed E-state index contributed by atoms with van der Waals surface area (Å²) in [6, 6.07) is 11.1. The van der Waals surface area contributed by atoms with Crippen molar-refractivity contribution in [3.8, 4) is 11.1 Å². The van der Waals surface area contributed by atoms with Gasteiger partial charge in [0.15, 0.2) is 6.20 Å². The van der Waals surface area contributed by atoms with Gasteiger partial charge in [0.05, 0.1) is 0 Å². The minimum Gasteiger partial charge on any atom is -0.191 e. The van der Waals surface area contributed by atoms with Crippen LogP contribution in [0.1, 0.15) is 0 Å². The first-order valence-corrected chi connectivity index (χ1v) is 5.40. The molecule has 0 aliphatic heterocycles. The summed E-state index contributed by atoms with van der Waals surface area (Å²) in [4.78, 5) is 2.82. The summed E-state index contributed by atoms with van der Waals surface area (Å²) in [7, 11) is 1.86. The molecule has 2 aromatic rings. The van der Waals surface area contributed by atoms with Crippen molar-refractivity contribution in [2.45, 2.75) is 0 Å². The summed E-state index contributed by atoms with van der Waals surface area (Å²) in [5.74, 6) is 0. The van der Waals surface area contributed by atoms with Crippen molar-refractivity contribution in [1.29, 1.82) is 0 Å². The summed E-state index contributed by atoms with van der Waals surface area (Å²) in [6.45, 7) is 0. The second-order valence-corrected chi connectivity index (χ2v) is 3.95. The predicted molar refractivity (Wildman–Crippen MR) is 66.9 cm³/mol. The molecule has 0 atom stereocenters. The third-order valence-corrected chi connectivity index (χ3v) is 2.83. The SMILES string of the molecule is C[n+]1cc(-c2ccccc2N=[N+]=[N-])ccc1Cl. The van der Waals surface area contributed by atoms with Crippen LogP contribution in [0.3, 0.4) is 0 Å². The highest BCUT2D eigenvalue weighted by atomic mass is 35.5. The van der Waals surface area contributed by atoms with Crippen LogP contribution in [-0.2, 0) is 7.05 Å². The normalized spacial score (nSPS) is 9.76. The van der Waals surface area contributed by atoms with E-state index in [9.17, 15) is 0 Å². The Morgan fingerprint density at radius 1 is 1.24 bits per heavy atom. The average molecular weight is 246 g/mol. The van der Waals surface area contributed by atoms with E-state index >= 15 is 0 Å². The van der Waals surface area contributed by atoms with Crippen molar-refractivity contribution in [2.75, 3.05) is 0 Å². The molecular formula is C12H10ClN4+. The topological polar surface area (TPSA) is 52.6 Å².